The maximum Gasteiger partial charge on any atom is 0.105 e. The maximum absolute atomic E-state index is 3.65. The highest BCUT2D eigenvalue weighted by Crippen LogP contribution is 2.24. The lowest BCUT2D eigenvalue weighted by molar-refractivity contribution is -0.936. The van der Waals surface area contributed by atoms with E-state index in [-0.39, 0.29) is 0 Å². The molecule has 3 heteroatoms. The number of nitrogens with zero attached hydrogens (tertiary/aromatic N) is 1. The van der Waals surface area contributed by atoms with Gasteiger partial charge in [0.2, 0.25) is 0 Å². The minimum Gasteiger partial charge on any atom is -0.321 e. The first-order valence-electron chi connectivity index (χ1n) is 6.73. The van der Waals surface area contributed by atoms with Crippen LogP contribution in [0, 0.1) is 0 Å². The molecule has 0 N–H and O–H groups in total. The molecule has 0 unspecified atom stereocenters. The number of halogens is 2. The predicted molar refractivity (Wildman–Crippen MR) is 87.3 cm³/mol. The fraction of sp³-hybridized carbons (Fsp3) is 0.600. The van der Waals surface area contributed by atoms with Crippen molar-refractivity contribution in [1.29, 1.82) is 0 Å². The molecular formula is C15H24Br2N+. The van der Waals surface area contributed by atoms with Gasteiger partial charge in [-0.3, -0.25) is 0 Å². The monoisotopic (exact) mass is 376 g/mol. The zero-order valence-corrected chi connectivity index (χ0v) is 14.8. The van der Waals surface area contributed by atoms with Gasteiger partial charge in [0.15, 0.2) is 0 Å². The molecular weight excluding hydrogens is 354 g/mol. The summed E-state index contributed by atoms with van der Waals surface area (Å²) in [5.74, 6) is 0. The summed E-state index contributed by atoms with van der Waals surface area (Å²) in [6.45, 7) is 11.7. The van der Waals surface area contributed by atoms with Crippen LogP contribution in [0.25, 0.3) is 0 Å². The number of hydrogen-bond acceptors (Lipinski definition) is 0. The molecule has 1 rings (SSSR count). The zero-order valence-electron chi connectivity index (χ0n) is 11.7. The van der Waals surface area contributed by atoms with Gasteiger partial charge in [-0.05, 0) is 31.9 Å². The molecule has 0 aliphatic rings. The highest BCUT2D eigenvalue weighted by Gasteiger charge is 2.23. The van der Waals surface area contributed by atoms with Crippen molar-refractivity contribution < 1.29 is 4.48 Å². The van der Waals surface area contributed by atoms with Crippen molar-refractivity contribution in [3.8, 4) is 0 Å². The Morgan fingerprint density at radius 2 is 1.44 bits per heavy atom. The summed E-state index contributed by atoms with van der Waals surface area (Å²) in [7, 11) is 0. The first-order valence-corrected chi connectivity index (χ1v) is 8.97. The van der Waals surface area contributed by atoms with Gasteiger partial charge in [0.25, 0.3) is 0 Å². The third kappa shape index (κ3) is 3.58. The lowest BCUT2D eigenvalue weighted by Crippen LogP contribution is -2.46. The maximum atomic E-state index is 3.65. The van der Waals surface area contributed by atoms with E-state index in [1.807, 2.05) is 0 Å². The molecule has 1 aromatic rings. The van der Waals surface area contributed by atoms with Crippen LogP contribution in [0.5, 0.6) is 0 Å². The van der Waals surface area contributed by atoms with Crippen molar-refractivity contribution in [2.75, 3.05) is 19.6 Å². The van der Waals surface area contributed by atoms with Crippen molar-refractivity contribution in [2.24, 2.45) is 0 Å². The molecule has 1 aromatic carbocycles. The highest BCUT2D eigenvalue weighted by molar-refractivity contribution is 9.09. The molecule has 18 heavy (non-hydrogen) atoms. The number of alkyl halides is 2. The van der Waals surface area contributed by atoms with Crippen molar-refractivity contribution in [3.63, 3.8) is 0 Å². The van der Waals surface area contributed by atoms with Crippen LogP contribution >= 0.6 is 31.9 Å². The fourth-order valence-electron chi connectivity index (χ4n) is 2.50. The summed E-state index contributed by atoms with van der Waals surface area (Å²) in [6, 6.07) is 6.69. The largest absolute Gasteiger partial charge is 0.321 e. The Morgan fingerprint density at radius 3 is 1.89 bits per heavy atom. The normalized spacial score (nSPS) is 11.8. The quantitative estimate of drug-likeness (QED) is 0.470. The van der Waals surface area contributed by atoms with E-state index in [2.05, 4.69) is 70.8 Å². The van der Waals surface area contributed by atoms with Gasteiger partial charge in [-0.15, -0.1) is 0 Å². The van der Waals surface area contributed by atoms with Crippen LogP contribution in [0.2, 0.25) is 0 Å². The highest BCUT2D eigenvalue weighted by atomic mass is 79.9. The van der Waals surface area contributed by atoms with Crippen LogP contribution in [-0.2, 0) is 17.2 Å². The predicted octanol–water partition coefficient (Wildman–Crippen LogP) is 4.85. The minimum atomic E-state index is 0.937. The first-order chi connectivity index (χ1) is 8.66. The van der Waals surface area contributed by atoms with Gasteiger partial charge >= 0.3 is 0 Å². The van der Waals surface area contributed by atoms with Crippen LogP contribution in [0.15, 0.2) is 18.2 Å². The van der Waals surface area contributed by atoms with E-state index < -0.39 is 0 Å². The van der Waals surface area contributed by atoms with E-state index in [1.165, 1.54) is 40.8 Å². The molecule has 0 aliphatic heterocycles. The van der Waals surface area contributed by atoms with Gasteiger partial charge < -0.3 is 4.48 Å². The van der Waals surface area contributed by atoms with Crippen molar-refractivity contribution in [1.82, 2.24) is 0 Å². The molecule has 0 radical (unpaired) electrons. The van der Waals surface area contributed by atoms with Crippen LogP contribution in [0.1, 0.15) is 37.5 Å². The standard InChI is InChI=1S/C15H24Br2N/c1-4-18(5-2,6-3)12-14-9-7-8-13(10-16)15(14)11-17/h7-9H,4-6,10-12H2,1-3H3/q+1. The molecule has 0 spiro atoms. The van der Waals surface area contributed by atoms with E-state index in [4.69, 9.17) is 0 Å². The van der Waals surface area contributed by atoms with Crippen molar-refractivity contribution >= 4 is 31.9 Å². The summed E-state index contributed by atoms with van der Waals surface area (Å²) < 4.78 is 1.17. The summed E-state index contributed by atoms with van der Waals surface area (Å²) in [4.78, 5) is 0. The number of hydrogen-bond donors (Lipinski definition) is 0. The Hall–Kier alpha value is 0.140. The smallest absolute Gasteiger partial charge is 0.105 e. The van der Waals surface area contributed by atoms with Crippen molar-refractivity contribution in [3.05, 3.63) is 34.9 Å². The fourth-order valence-corrected chi connectivity index (χ4v) is 3.75. The summed E-state index contributed by atoms with van der Waals surface area (Å²) in [6.07, 6.45) is 0. The molecule has 0 aliphatic carbocycles. The van der Waals surface area contributed by atoms with Crippen LogP contribution in [-0.4, -0.2) is 24.1 Å². The van der Waals surface area contributed by atoms with E-state index in [9.17, 15) is 0 Å². The van der Waals surface area contributed by atoms with Gasteiger partial charge in [0, 0.05) is 16.2 Å². The summed E-state index contributed by atoms with van der Waals surface area (Å²) in [5.41, 5.74) is 4.37. The van der Waals surface area contributed by atoms with E-state index in [0.29, 0.717) is 0 Å². The van der Waals surface area contributed by atoms with E-state index >= 15 is 0 Å². The lowest BCUT2D eigenvalue weighted by atomic mass is 10.0. The van der Waals surface area contributed by atoms with Crippen LogP contribution < -0.4 is 0 Å². The SMILES string of the molecule is CC[N+](CC)(CC)Cc1cccc(CBr)c1CBr. The van der Waals surface area contributed by atoms with Crippen molar-refractivity contribution in [2.45, 2.75) is 38.0 Å². The van der Waals surface area contributed by atoms with E-state index in [0.717, 1.165) is 17.2 Å². The molecule has 102 valence electrons. The zero-order chi connectivity index (χ0) is 13.6. The third-order valence-corrected chi connectivity index (χ3v) is 5.33. The summed E-state index contributed by atoms with van der Waals surface area (Å²) >= 11 is 7.23. The molecule has 0 atom stereocenters. The second-order valence-corrected chi connectivity index (χ2v) is 5.89. The van der Waals surface area contributed by atoms with Crippen LogP contribution in [0.4, 0.5) is 0 Å². The second kappa shape index (κ2) is 7.66. The molecule has 0 bridgehead atoms. The second-order valence-electron chi connectivity index (χ2n) is 4.77. The Balaban J connectivity index is 3.09. The first kappa shape index (κ1) is 16.2. The molecule has 0 heterocycles. The molecule has 0 aromatic heterocycles. The Bertz CT molecular complexity index is 364. The van der Waals surface area contributed by atoms with Gasteiger partial charge in [-0.25, -0.2) is 0 Å². The average molecular weight is 378 g/mol. The topological polar surface area (TPSA) is 0 Å². The minimum absolute atomic E-state index is 0.937. The average Bonchev–Trinajstić information content (AvgIpc) is 2.44. The lowest BCUT2D eigenvalue weighted by Gasteiger charge is -2.36. The van der Waals surface area contributed by atoms with Gasteiger partial charge in [-0.1, -0.05) is 50.1 Å². The van der Waals surface area contributed by atoms with Crippen LogP contribution in [0.3, 0.4) is 0 Å². The Labute approximate surface area is 128 Å². The molecule has 0 amide bonds. The summed E-state index contributed by atoms with van der Waals surface area (Å²) in [5, 5.41) is 1.88. The van der Waals surface area contributed by atoms with E-state index in [1.54, 1.807) is 0 Å². The van der Waals surface area contributed by atoms with Gasteiger partial charge in [0.05, 0.1) is 19.6 Å². The Kier molecular flexibility index (Phi) is 6.89. The molecule has 0 saturated carbocycles. The molecule has 0 saturated heterocycles. The number of rotatable bonds is 7. The third-order valence-electron chi connectivity index (χ3n) is 4.17. The number of benzene rings is 1. The van der Waals surface area contributed by atoms with Gasteiger partial charge in [0.1, 0.15) is 6.54 Å². The van der Waals surface area contributed by atoms with Gasteiger partial charge in [-0.2, -0.15) is 0 Å². The number of quaternary nitrogens is 1. The molecule has 1 nitrogen and oxygen atoms in total. The Morgan fingerprint density at radius 1 is 0.889 bits per heavy atom. The molecule has 0 fully saturated rings.